The number of rotatable bonds is 5. The summed E-state index contributed by atoms with van der Waals surface area (Å²) in [4.78, 5) is 11.7. The van der Waals surface area contributed by atoms with E-state index >= 15 is 0 Å². The Morgan fingerprint density at radius 1 is 1.65 bits per heavy atom. The molecule has 0 aliphatic rings. The summed E-state index contributed by atoms with van der Waals surface area (Å²) < 4.78 is 5.27. The van der Waals surface area contributed by atoms with E-state index in [1.807, 2.05) is 19.1 Å². The van der Waals surface area contributed by atoms with Crippen LogP contribution in [0.5, 0.6) is 0 Å². The van der Waals surface area contributed by atoms with Crippen LogP contribution in [-0.4, -0.2) is 11.1 Å². The van der Waals surface area contributed by atoms with Gasteiger partial charge >= 0.3 is 5.97 Å². The van der Waals surface area contributed by atoms with Gasteiger partial charge in [0.2, 0.25) is 0 Å². The highest BCUT2D eigenvalue weighted by molar-refractivity contribution is 7.10. The van der Waals surface area contributed by atoms with Gasteiger partial charge in [-0.2, -0.15) is 0 Å². The van der Waals surface area contributed by atoms with E-state index < -0.39 is 5.97 Å². The number of hydrogen-bond acceptors (Lipinski definition) is 4. The van der Waals surface area contributed by atoms with Gasteiger partial charge < -0.3 is 14.8 Å². The van der Waals surface area contributed by atoms with Crippen LogP contribution in [0.3, 0.4) is 0 Å². The predicted octanol–water partition coefficient (Wildman–Crippen LogP) is 2.89. The molecule has 90 valence electrons. The quantitative estimate of drug-likeness (QED) is 0.857. The summed E-state index contributed by atoms with van der Waals surface area (Å²) in [5, 5.41) is 13.7. The third-order valence-electron chi connectivity index (χ3n) is 2.45. The molecule has 0 radical (unpaired) electrons. The fourth-order valence-corrected chi connectivity index (χ4v) is 2.29. The van der Waals surface area contributed by atoms with Gasteiger partial charge in [-0.25, -0.2) is 4.79 Å². The standard InChI is InChI=1S/C12H13NO3S/c1-8(11-3-2-4-16-11)13-6-10-5-9(7-17-10)12(14)15/h2-5,7-8,13H,6H2,1H3,(H,14,15)/t8-/m1/s1. The van der Waals surface area contributed by atoms with Gasteiger partial charge in [-0.15, -0.1) is 11.3 Å². The largest absolute Gasteiger partial charge is 0.478 e. The van der Waals surface area contributed by atoms with Gasteiger partial charge in [0.05, 0.1) is 17.9 Å². The van der Waals surface area contributed by atoms with Crippen LogP contribution in [0.15, 0.2) is 34.3 Å². The summed E-state index contributed by atoms with van der Waals surface area (Å²) in [6, 6.07) is 5.56. The summed E-state index contributed by atoms with van der Waals surface area (Å²) in [5.74, 6) is -0.00778. The molecule has 17 heavy (non-hydrogen) atoms. The van der Waals surface area contributed by atoms with Crippen LogP contribution >= 0.6 is 11.3 Å². The van der Waals surface area contributed by atoms with E-state index in [1.165, 1.54) is 11.3 Å². The minimum atomic E-state index is -0.883. The Bertz CT molecular complexity index is 490. The number of carbonyl (C=O) groups is 1. The lowest BCUT2D eigenvalue weighted by Gasteiger charge is -2.09. The molecule has 0 saturated carbocycles. The van der Waals surface area contributed by atoms with Gasteiger partial charge in [0, 0.05) is 16.8 Å². The first-order chi connectivity index (χ1) is 8.16. The van der Waals surface area contributed by atoms with Crippen molar-refractivity contribution in [2.45, 2.75) is 19.5 Å². The molecule has 5 heteroatoms. The normalized spacial score (nSPS) is 12.5. The summed E-state index contributed by atoms with van der Waals surface area (Å²) in [5.41, 5.74) is 0.345. The van der Waals surface area contributed by atoms with E-state index in [-0.39, 0.29) is 6.04 Å². The molecule has 0 aromatic carbocycles. The Kier molecular flexibility index (Phi) is 3.61. The van der Waals surface area contributed by atoms with E-state index in [2.05, 4.69) is 5.32 Å². The molecule has 0 saturated heterocycles. The van der Waals surface area contributed by atoms with E-state index in [1.54, 1.807) is 17.7 Å². The number of thiophene rings is 1. The molecule has 4 nitrogen and oxygen atoms in total. The molecule has 2 N–H and O–H groups in total. The van der Waals surface area contributed by atoms with Crippen LogP contribution in [-0.2, 0) is 6.54 Å². The highest BCUT2D eigenvalue weighted by Gasteiger charge is 2.10. The molecule has 1 atom stereocenters. The van der Waals surface area contributed by atoms with Crippen molar-refractivity contribution >= 4 is 17.3 Å². The number of furan rings is 1. The van der Waals surface area contributed by atoms with Gasteiger partial charge in [-0.1, -0.05) is 0 Å². The number of carboxylic acids is 1. The van der Waals surface area contributed by atoms with Crippen LogP contribution < -0.4 is 5.32 Å². The molecule has 2 aromatic rings. The third-order valence-corrected chi connectivity index (χ3v) is 3.39. The fourth-order valence-electron chi connectivity index (χ4n) is 1.48. The average Bonchev–Trinajstić information content (AvgIpc) is 2.97. The first-order valence-corrected chi connectivity index (χ1v) is 6.12. The fraction of sp³-hybridized carbons (Fsp3) is 0.250. The zero-order valence-corrected chi connectivity index (χ0v) is 10.2. The van der Waals surface area contributed by atoms with Crippen molar-refractivity contribution < 1.29 is 14.3 Å². The van der Waals surface area contributed by atoms with Crippen molar-refractivity contribution in [3.8, 4) is 0 Å². The minimum Gasteiger partial charge on any atom is -0.478 e. The summed E-state index contributed by atoms with van der Waals surface area (Å²) >= 11 is 1.44. The van der Waals surface area contributed by atoms with Crippen molar-refractivity contribution in [2.75, 3.05) is 0 Å². The number of hydrogen-bond donors (Lipinski definition) is 2. The lowest BCUT2D eigenvalue weighted by Crippen LogP contribution is -2.16. The second-order valence-corrected chi connectivity index (χ2v) is 4.72. The molecule has 0 spiro atoms. The average molecular weight is 251 g/mol. The Morgan fingerprint density at radius 3 is 3.06 bits per heavy atom. The van der Waals surface area contributed by atoms with Crippen LogP contribution in [0.1, 0.15) is 34.0 Å². The van der Waals surface area contributed by atoms with Gasteiger partial charge in [-0.3, -0.25) is 0 Å². The SMILES string of the molecule is C[C@@H](NCc1cc(C(=O)O)cs1)c1ccco1. The first-order valence-electron chi connectivity index (χ1n) is 5.24. The van der Waals surface area contributed by atoms with Gasteiger partial charge in [-0.05, 0) is 25.1 Å². The van der Waals surface area contributed by atoms with Crippen molar-refractivity contribution in [2.24, 2.45) is 0 Å². The van der Waals surface area contributed by atoms with Crippen molar-refractivity contribution in [3.05, 3.63) is 46.0 Å². The number of aromatic carboxylic acids is 1. The second kappa shape index (κ2) is 5.16. The van der Waals surface area contributed by atoms with Crippen LogP contribution in [0.2, 0.25) is 0 Å². The van der Waals surface area contributed by atoms with E-state index in [0.717, 1.165) is 10.6 Å². The maximum absolute atomic E-state index is 10.7. The van der Waals surface area contributed by atoms with Gasteiger partial charge in [0.25, 0.3) is 0 Å². The maximum atomic E-state index is 10.7. The van der Waals surface area contributed by atoms with Gasteiger partial charge in [0.15, 0.2) is 0 Å². The highest BCUT2D eigenvalue weighted by Crippen LogP contribution is 2.17. The van der Waals surface area contributed by atoms with Gasteiger partial charge in [0.1, 0.15) is 5.76 Å². The molecule has 0 amide bonds. The second-order valence-electron chi connectivity index (χ2n) is 3.72. The smallest absolute Gasteiger partial charge is 0.336 e. The topological polar surface area (TPSA) is 62.5 Å². The zero-order chi connectivity index (χ0) is 12.3. The zero-order valence-electron chi connectivity index (χ0n) is 9.34. The Labute approximate surface area is 103 Å². The Balaban J connectivity index is 1.91. The monoisotopic (exact) mass is 251 g/mol. The molecule has 2 heterocycles. The molecular formula is C12H13NO3S. The number of carboxylic acid groups (broad SMARTS) is 1. The third kappa shape index (κ3) is 2.95. The lowest BCUT2D eigenvalue weighted by molar-refractivity contribution is 0.0697. The molecule has 2 aromatic heterocycles. The first kappa shape index (κ1) is 11.9. The summed E-state index contributed by atoms with van der Waals surface area (Å²) in [7, 11) is 0. The van der Waals surface area contributed by atoms with Crippen molar-refractivity contribution in [1.82, 2.24) is 5.32 Å². The molecule has 0 aliphatic carbocycles. The summed E-state index contributed by atoms with van der Waals surface area (Å²) in [6.07, 6.45) is 1.64. The Hall–Kier alpha value is -1.59. The predicted molar refractivity (Wildman–Crippen MR) is 65.2 cm³/mol. The molecular weight excluding hydrogens is 238 g/mol. The van der Waals surface area contributed by atoms with E-state index in [0.29, 0.717) is 12.1 Å². The molecule has 0 unspecified atom stereocenters. The molecule has 0 fully saturated rings. The van der Waals surface area contributed by atoms with Crippen molar-refractivity contribution in [1.29, 1.82) is 0 Å². The van der Waals surface area contributed by atoms with E-state index in [9.17, 15) is 4.79 Å². The Morgan fingerprint density at radius 2 is 2.47 bits per heavy atom. The molecule has 0 aliphatic heterocycles. The lowest BCUT2D eigenvalue weighted by atomic mass is 10.2. The summed E-state index contributed by atoms with van der Waals surface area (Å²) in [6.45, 7) is 2.64. The van der Waals surface area contributed by atoms with Crippen LogP contribution in [0.4, 0.5) is 0 Å². The molecule has 2 rings (SSSR count). The maximum Gasteiger partial charge on any atom is 0.336 e. The molecule has 0 bridgehead atoms. The van der Waals surface area contributed by atoms with E-state index in [4.69, 9.17) is 9.52 Å². The van der Waals surface area contributed by atoms with Crippen LogP contribution in [0.25, 0.3) is 0 Å². The van der Waals surface area contributed by atoms with Crippen molar-refractivity contribution in [3.63, 3.8) is 0 Å². The van der Waals surface area contributed by atoms with Crippen LogP contribution in [0, 0.1) is 0 Å². The minimum absolute atomic E-state index is 0.111. The number of nitrogens with one attached hydrogen (secondary N) is 1. The highest BCUT2D eigenvalue weighted by atomic mass is 32.1.